The average molecular weight is 672 g/mol. The molecule has 0 radical (unpaired) electrons. The van der Waals surface area contributed by atoms with Crippen LogP contribution < -0.4 is 25.2 Å². The first-order valence-electron chi connectivity index (χ1n) is 15.6. The maximum Gasteiger partial charge on any atom is 0.339 e. The zero-order chi connectivity index (χ0) is 35.9. The molecule has 0 spiro atoms. The van der Waals surface area contributed by atoms with E-state index in [1.54, 1.807) is 60.7 Å². The van der Waals surface area contributed by atoms with Crippen LogP contribution in [0.4, 0.5) is 10.5 Å². The van der Waals surface area contributed by atoms with E-state index < -0.39 is 17.7 Å². The lowest BCUT2D eigenvalue weighted by Gasteiger charge is -2.25. The molecule has 1 N–H and O–H groups in total. The number of nitrogens with one attached hydrogen (secondary N) is 1. The summed E-state index contributed by atoms with van der Waals surface area (Å²) in [4.78, 5) is 42.9. The summed E-state index contributed by atoms with van der Waals surface area (Å²) in [6.07, 6.45) is 8.98. The number of methoxy groups -OCH3 is 3. The van der Waals surface area contributed by atoms with Crippen LogP contribution >= 0.6 is 0 Å². The predicted octanol–water partition coefficient (Wildman–Crippen LogP) is 6.17. The number of esters is 1. The Morgan fingerprint density at radius 2 is 1.51 bits per heavy atom. The van der Waals surface area contributed by atoms with E-state index in [4.69, 9.17) is 23.4 Å². The van der Waals surface area contributed by atoms with Crippen LogP contribution in [0.2, 0.25) is 0 Å². The molecule has 0 fully saturated rings. The third-order valence-corrected chi connectivity index (χ3v) is 7.57. The first-order chi connectivity index (χ1) is 23.6. The van der Waals surface area contributed by atoms with Gasteiger partial charge in [0, 0.05) is 67.9 Å². The Bertz CT molecular complexity index is 1710. The smallest absolute Gasteiger partial charge is 0.339 e. The van der Waals surface area contributed by atoms with Crippen LogP contribution in [0.5, 0.6) is 17.2 Å². The molecule has 260 valence electrons. The molecule has 11 heteroatoms. The molecule has 0 saturated carbocycles. The number of fused-ring (bicyclic) bond motifs is 1. The number of amides is 2. The van der Waals surface area contributed by atoms with Gasteiger partial charge in [-0.3, -0.25) is 4.90 Å². The number of ether oxygens (including phenoxy) is 4. The summed E-state index contributed by atoms with van der Waals surface area (Å²) >= 11 is 0. The van der Waals surface area contributed by atoms with Gasteiger partial charge in [0.2, 0.25) is 5.75 Å². The van der Waals surface area contributed by atoms with Crippen molar-refractivity contribution in [3.63, 3.8) is 0 Å². The molecule has 2 aromatic carbocycles. The zero-order valence-electron chi connectivity index (χ0n) is 28.7. The molecule has 0 aliphatic carbocycles. The lowest BCUT2D eigenvalue weighted by atomic mass is 10.0. The molecule has 1 heterocycles. The van der Waals surface area contributed by atoms with Crippen LogP contribution in [0, 0.1) is 6.92 Å². The molecule has 2 amide bonds. The maximum atomic E-state index is 13.4. The highest BCUT2D eigenvalue weighted by atomic mass is 16.5. The maximum absolute atomic E-state index is 13.4. The number of anilines is 1. The van der Waals surface area contributed by atoms with Crippen molar-refractivity contribution < 1.29 is 33.0 Å². The van der Waals surface area contributed by atoms with E-state index in [1.807, 2.05) is 11.8 Å². The normalized spacial score (nSPS) is 11.5. The van der Waals surface area contributed by atoms with Crippen molar-refractivity contribution >= 4 is 34.7 Å². The number of hydrogen-bond donors (Lipinski definition) is 1. The highest BCUT2D eigenvalue weighted by Gasteiger charge is 2.23. The minimum Gasteiger partial charge on any atom is -0.493 e. The molecule has 1 atom stereocenters. The van der Waals surface area contributed by atoms with Crippen LogP contribution in [0.3, 0.4) is 0 Å². The average Bonchev–Trinajstić information content (AvgIpc) is 3.08. The number of carbonyl (C=O) groups is 2. The Kier molecular flexibility index (Phi) is 14.5. The van der Waals surface area contributed by atoms with Crippen molar-refractivity contribution in [3.05, 3.63) is 114 Å². The van der Waals surface area contributed by atoms with Crippen LogP contribution in [0.25, 0.3) is 17.0 Å². The second-order valence-electron chi connectivity index (χ2n) is 11.0. The lowest BCUT2D eigenvalue weighted by Crippen LogP contribution is -2.37. The van der Waals surface area contributed by atoms with E-state index in [9.17, 15) is 14.4 Å². The summed E-state index contributed by atoms with van der Waals surface area (Å²) in [5, 5.41) is 3.51. The fraction of sp³-hybridized carbons (Fsp3) is 0.289. The molecular weight excluding hydrogens is 626 g/mol. The van der Waals surface area contributed by atoms with Gasteiger partial charge in [-0.05, 0) is 48.4 Å². The van der Waals surface area contributed by atoms with Crippen molar-refractivity contribution in [1.29, 1.82) is 0 Å². The first-order valence-corrected chi connectivity index (χ1v) is 15.6. The highest BCUT2D eigenvalue weighted by Crippen LogP contribution is 2.38. The minimum absolute atomic E-state index is 0.0925. The molecule has 49 heavy (non-hydrogen) atoms. The van der Waals surface area contributed by atoms with Gasteiger partial charge >= 0.3 is 17.6 Å². The van der Waals surface area contributed by atoms with Gasteiger partial charge in [0.1, 0.15) is 11.7 Å². The van der Waals surface area contributed by atoms with E-state index >= 15 is 0 Å². The summed E-state index contributed by atoms with van der Waals surface area (Å²) in [5.74, 6) is 0.694. The van der Waals surface area contributed by atoms with Gasteiger partial charge in [0.05, 0.1) is 21.3 Å². The van der Waals surface area contributed by atoms with Gasteiger partial charge in [-0.2, -0.15) is 0 Å². The summed E-state index contributed by atoms with van der Waals surface area (Å²) in [5.41, 5.74) is 1.87. The molecule has 0 bridgehead atoms. The Labute approximate surface area is 287 Å². The van der Waals surface area contributed by atoms with Crippen LogP contribution in [-0.4, -0.2) is 82.0 Å². The number of rotatable bonds is 19. The summed E-state index contributed by atoms with van der Waals surface area (Å²) < 4.78 is 27.9. The van der Waals surface area contributed by atoms with Crippen LogP contribution in [-0.2, 0) is 16.0 Å². The first kappa shape index (κ1) is 37.9. The zero-order valence-corrected chi connectivity index (χ0v) is 28.7. The second-order valence-corrected chi connectivity index (χ2v) is 11.0. The van der Waals surface area contributed by atoms with Crippen LogP contribution in [0.1, 0.15) is 16.7 Å². The Morgan fingerprint density at radius 3 is 2.06 bits per heavy atom. The fourth-order valence-electron chi connectivity index (χ4n) is 5.28. The van der Waals surface area contributed by atoms with Crippen LogP contribution in [0.15, 0.2) is 96.2 Å². The molecule has 0 saturated heterocycles. The lowest BCUT2D eigenvalue weighted by molar-refractivity contribution is -0.143. The van der Waals surface area contributed by atoms with E-state index in [1.165, 1.54) is 32.3 Å². The summed E-state index contributed by atoms with van der Waals surface area (Å²) in [7, 11) is 4.52. The monoisotopic (exact) mass is 671 g/mol. The second kappa shape index (κ2) is 18.7. The van der Waals surface area contributed by atoms with Gasteiger partial charge < -0.3 is 33.6 Å². The largest absolute Gasteiger partial charge is 0.493 e. The number of nitrogens with zero attached hydrogens (tertiary/aromatic N) is 2. The summed E-state index contributed by atoms with van der Waals surface area (Å²) in [6.45, 7) is 18.9. The van der Waals surface area contributed by atoms with Crippen molar-refractivity contribution in [1.82, 2.24) is 9.80 Å². The van der Waals surface area contributed by atoms with Gasteiger partial charge in [0.25, 0.3) is 0 Å². The predicted molar refractivity (Wildman–Crippen MR) is 194 cm³/mol. The number of hydrogen-bond acceptors (Lipinski definition) is 9. The van der Waals surface area contributed by atoms with E-state index in [0.717, 1.165) is 0 Å². The van der Waals surface area contributed by atoms with E-state index in [0.29, 0.717) is 83.3 Å². The standard InChI is InChI=1S/C38H45N3O8/c1-9-17-40(18-10-2)25-29(48-35(42)16-13-27-21-33(45-6)36(47-8)34(22-27)46-7)24-31-26(5)30-15-14-28(23-32(30)49-37(31)43)39-38(44)41(19-11-3)20-12-4/h9-16,21-23,29H,1-4,17-20,24-25H2,5-8H3,(H,39,44)/b16-13+. The van der Waals surface area contributed by atoms with Gasteiger partial charge in [-0.1, -0.05) is 24.3 Å². The third kappa shape index (κ3) is 10.2. The number of aryl methyl sites for hydroxylation is 1. The third-order valence-electron chi connectivity index (χ3n) is 7.57. The van der Waals surface area contributed by atoms with Gasteiger partial charge in [-0.15, -0.1) is 26.3 Å². The molecule has 1 aromatic heterocycles. The molecular formula is C38H45N3O8. The molecule has 1 unspecified atom stereocenters. The summed E-state index contributed by atoms with van der Waals surface area (Å²) in [6, 6.07) is 8.18. The molecule has 3 rings (SSSR count). The Hall–Kier alpha value is -5.55. The van der Waals surface area contributed by atoms with Crippen molar-refractivity contribution in [3.8, 4) is 17.2 Å². The SMILES string of the molecule is C=CCN(CC=C)CC(Cc1c(C)c2ccc(NC(=O)N(CC=C)CC=C)cc2oc1=O)OC(=O)/C=C/c1cc(OC)c(OC)c(OC)c1. The van der Waals surface area contributed by atoms with Crippen molar-refractivity contribution in [2.45, 2.75) is 19.4 Å². The van der Waals surface area contributed by atoms with Gasteiger partial charge in [0.15, 0.2) is 11.5 Å². The molecule has 3 aromatic rings. The molecule has 11 nitrogen and oxygen atoms in total. The Morgan fingerprint density at radius 1 is 0.898 bits per heavy atom. The molecule has 0 aliphatic heterocycles. The fourth-order valence-corrected chi connectivity index (χ4v) is 5.28. The van der Waals surface area contributed by atoms with Crippen molar-refractivity contribution in [2.24, 2.45) is 0 Å². The topological polar surface area (TPSA) is 120 Å². The van der Waals surface area contributed by atoms with Crippen molar-refractivity contribution in [2.75, 3.05) is 59.4 Å². The van der Waals surface area contributed by atoms with Gasteiger partial charge in [-0.25, -0.2) is 14.4 Å². The Balaban J connectivity index is 1.91. The number of benzene rings is 2. The number of carbonyl (C=O) groups excluding carboxylic acids is 2. The number of urea groups is 1. The van der Waals surface area contributed by atoms with E-state index in [-0.39, 0.29) is 12.5 Å². The highest BCUT2D eigenvalue weighted by molar-refractivity contribution is 5.93. The molecule has 0 aliphatic rings. The van der Waals surface area contributed by atoms with E-state index in [2.05, 4.69) is 31.6 Å². The minimum atomic E-state index is -0.727. The quantitative estimate of drug-likeness (QED) is 0.0690.